The van der Waals surface area contributed by atoms with Crippen LogP contribution in [0.5, 0.6) is 0 Å². The summed E-state index contributed by atoms with van der Waals surface area (Å²) in [7, 11) is 0. The first-order valence-electron chi connectivity index (χ1n) is 8.38. The molecule has 0 radical (unpaired) electrons. The van der Waals surface area contributed by atoms with E-state index in [2.05, 4.69) is 15.5 Å². The number of ether oxygens (including phenoxy) is 1. The van der Waals surface area contributed by atoms with Crippen LogP contribution in [0.15, 0.2) is 64.1 Å². The zero-order valence-electron chi connectivity index (χ0n) is 14.5. The lowest BCUT2D eigenvalue weighted by molar-refractivity contribution is 0.0254. The van der Waals surface area contributed by atoms with Crippen LogP contribution in [0.4, 0.5) is 0 Å². The van der Waals surface area contributed by atoms with Gasteiger partial charge in [-0.1, -0.05) is 35.3 Å². The molecule has 2 aromatic carbocycles. The van der Waals surface area contributed by atoms with Crippen LogP contribution in [-0.2, 0) is 17.9 Å². The van der Waals surface area contributed by atoms with E-state index in [0.29, 0.717) is 28.8 Å². The average molecular weight is 417 g/mol. The molecule has 0 aliphatic heterocycles. The van der Waals surface area contributed by atoms with Gasteiger partial charge >= 0.3 is 5.63 Å². The maximum absolute atomic E-state index is 11.3. The van der Waals surface area contributed by atoms with Crippen LogP contribution in [0.25, 0.3) is 11.0 Å². The van der Waals surface area contributed by atoms with Gasteiger partial charge in [-0.05, 0) is 46.3 Å². The van der Waals surface area contributed by atoms with Gasteiger partial charge < -0.3 is 9.15 Å². The maximum Gasteiger partial charge on any atom is 0.336 e. The highest BCUT2D eigenvalue weighted by molar-refractivity contribution is 6.35. The molecule has 2 heterocycles. The minimum absolute atomic E-state index is 0.320. The summed E-state index contributed by atoms with van der Waals surface area (Å²) in [5.41, 5.74) is 1.86. The van der Waals surface area contributed by atoms with Crippen molar-refractivity contribution in [2.45, 2.75) is 19.3 Å². The van der Waals surface area contributed by atoms with E-state index >= 15 is 0 Å². The first kappa shape index (κ1) is 18.6. The average Bonchev–Trinajstić information content (AvgIpc) is 3.18. The monoisotopic (exact) mass is 416 g/mol. The van der Waals surface area contributed by atoms with Crippen molar-refractivity contribution in [2.75, 3.05) is 0 Å². The summed E-state index contributed by atoms with van der Waals surface area (Å²) in [6.45, 7) is 0.706. The molecule has 7 nitrogen and oxygen atoms in total. The molecule has 0 N–H and O–H groups in total. The van der Waals surface area contributed by atoms with Gasteiger partial charge in [0.05, 0.1) is 13.2 Å². The van der Waals surface area contributed by atoms with E-state index in [1.807, 2.05) is 18.2 Å². The number of hydrogen-bond acceptors (Lipinski definition) is 6. The molecule has 0 bridgehead atoms. The number of halogens is 2. The van der Waals surface area contributed by atoms with E-state index in [9.17, 15) is 4.79 Å². The second-order valence-electron chi connectivity index (χ2n) is 6.12. The molecule has 0 aliphatic carbocycles. The lowest BCUT2D eigenvalue weighted by Gasteiger charge is -2.19. The largest absolute Gasteiger partial charge is 0.423 e. The number of nitrogens with zero attached hydrogens (tertiary/aromatic N) is 4. The molecule has 142 valence electrons. The first-order chi connectivity index (χ1) is 13.6. The Morgan fingerprint density at radius 3 is 2.79 bits per heavy atom. The highest BCUT2D eigenvalue weighted by atomic mass is 35.5. The normalized spacial score (nSPS) is 12.4. The van der Waals surface area contributed by atoms with Crippen LogP contribution in [0.2, 0.25) is 10.0 Å². The standard InChI is InChI=1S/C19H14Cl2N4O3/c20-14-3-4-15(16(21)8-14)18(9-25-11-22-23-24-25)27-10-12-1-5-17-13(7-12)2-6-19(26)28-17/h1-8,11,18H,9-10H2. The fourth-order valence-electron chi connectivity index (χ4n) is 2.85. The second-order valence-corrected chi connectivity index (χ2v) is 6.97. The molecule has 4 aromatic rings. The number of rotatable bonds is 6. The molecule has 0 saturated heterocycles. The minimum Gasteiger partial charge on any atom is -0.423 e. The molecular formula is C19H14Cl2N4O3. The van der Waals surface area contributed by atoms with Crippen LogP contribution in [0.3, 0.4) is 0 Å². The molecule has 0 spiro atoms. The molecule has 0 amide bonds. The minimum atomic E-state index is -0.391. The Labute approximate surface area is 169 Å². The van der Waals surface area contributed by atoms with Gasteiger partial charge in [0.15, 0.2) is 0 Å². The molecule has 1 unspecified atom stereocenters. The van der Waals surface area contributed by atoms with E-state index in [4.69, 9.17) is 32.4 Å². The fraction of sp³-hybridized carbons (Fsp3) is 0.158. The highest BCUT2D eigenvalue weighted by Gasteiger charge is 2.18. The van der Waals surface area contributed by atoms with Crippen molar-refractivity contribution in [2.24, 2.45) is 0 Å². The van der Waals surface area contributed by atoms with Crippen LogP contribution >= 0.6 is 23.2 Å². The van der Waals surface area contributed by atoms with E-state index in [0.717, 1.165) is 16.5 Å². The Morgan fingerprint density at radius 1 is 1.11 bits per heavy atom. The summed E-state index contributed by atoms with van der Waals surface area (Å²) in [5, 5.41) is 13.1. The number of hydrogen-bond donors (Lipinski definition) is 0. The Kier molecular flexibility index (Phi) is 5.38. The van der Waals surface area contributed by atoms with Gasteiger partial charge in [0.25, 0.3) is 0 Å². The van der Waals surface area contributed by atoms with Crippen molar-refractivity contribution in [1.29, 1.82) is 0 Å². The Bertz CT molecular complexity index is 1160. The number of fused-ring (bicyclic) bond motifs is 1. The quantitative estimate of drug-likeness (QED) is 0.441. The zero-order chi connectivity index (χ0) is 19.5. The Balaban J connectivity index is 1.58. The topological polar surface area (TPSA) is 83.0 Å². The second kappa shape index (κ2) is 8.10. The van der Waals surface area contributed by atoms with E-state index in [1.54, 1.807) is 28.9 Å². The van der Waals surface area contributed by atoms with Gasteiger partial charge in [0, 0.05) is 27.1 Å². The summed E-state index contributed by atoms with van der Waals surface area (Å²) in [4.78, 5) is 11.3. The molecule has 0 saturated carbocycles. The van der Waals surface area contributed by atoms with Crippen LogP contribution in [0, 0.1) is 0 Å². The maximum atomic E-state index is 11.3. The smallest absolute Gasteiger partial charge is 0.336 e. The van der Waals surface area contributed by atoms with Crippen molar-refractivity contribution >= 4 is 34.2 Å². The van der Waals surface area contributed by atoms with Gasteiger partial charge in [0.1, 0.15) is 18.0 Å². The third-order valence-corrected chi connectivity index (χ3v) is 4.75. The molecular weight excluding hydrogens is 403 g/mol. The molecule has 2 aromatic heterocycles. The highest BCUT2D eigenvalue weighted by Crippen LogP contribution is 2.30. The molecule has 1 atom stereocenters. The number of tetrazole rings is 1. The summed E-state index contributed by atoms with van der Waals surface area (Å²) in [6.07, 6.45) is 1.12. The van der Waals surface area contributed by atoms with Crippen molar-refractivity contribution in [3.63, 3.8) is 0 Å². The summed E-state index contributed by atoms with van der Waals surface area (Å²) in [5.74, 6) is 0. The summed E-state index contributed by atoms with van der Waals surface area (Å²) in [6, 6.07) is 13.9. The van der Waals surface area contributed by atoms with Crippen molar-refractivity contribution in [3.8, 4) is 0 Å². The van der Waals surface area contributed by atoms with Crippen molar-refractivity contribution < 1.29 is 9.15 Å². The molecule has 0 aliphatic rings. The Hall–Kier alpha value is -2.74. The summed E-state index contributed by atoms with van der Waals surface area (Å²) >= 11 is 12.4. The van der Waals surface area contributed by atoms with Gasteiger partial charge in [0.2, 0.25) is 0 Å². The van der Waals surface area contributed by atoms with Crippen LogP contribution in [0.1, 0.15) is 17.2 Å². The third-order valence-electron chi connectivity index (χ3n) is 4.19. The first-order valence-corrected chi connectivity index (χ1v) is 9.14. The van der Waals surface area contributed by atoms with Gasteiger partial charge in [-0.3, -0.25) is 0 Å². The lowest BCUT2D eigenvalue weighted by atomic mass is 10.1. The van der Waals surface area contributed by atoms with Gasteiger partial charge in [-0.15, -0.1) is 5.10 Å². The number of benzene rings is 2. The number of aromatic nitrogens is 4. The molecule has 28 heavy (non-hydrogen) atoms. The zero-order valence-corrected chi connectivity index (χ0v) is 16.0. The predicted molar refractivity (Wildman–Crippen MR) is 104 cm³/mol. The van der Waals surface area contributed by atoms with E-state index in [-0.39, 0.29) is 5.63 Å². The third kappa shape index (κ3) is 4.22. The van der Waals surface area contributed by atoms with Crippen molar-refractivity contribution in [1.82, 2.24) is 20.2 Å². The van der Waals surface area contributed by atoms with E-state index < -0.39 is 6.10 Å². The van der Waals surface area contributed by atoms with Gasteiger partial charge in [-0.2, -0.15) is 0 Å². The van der Waals surface area contributed by atoms with Gasteiger partial charge in [-0.25, -0.2) is 9.48 Å². The van der Waals surface area contributed by atoms with Crippen molar-refractivity contribution in [3.05, 3.63) is 86.5 Å². The van der Waals surface area contributed by atoms with Crippen LogP contribution in [-0.4, -0.2) is 20.2 Å². The Morgan fingerprint density at radius 2 is 2.00 bits per heavy atom. The van der Waals surface area contributed by atoms with E-state index in [1.165, 1.54) is 12.4 Å². The predicted octanol–water partition coefficient (Wildman–Crippen LogP) is 4.04. The summed E-state index contributed by atoms with van der Waals surface area (Å²) < 4.78 is 12.9. The van der Waals surface area contributed by atoms with Crippen LogP contribution < -0.4 is 5.63 Å². The molecule has 4 rings (SSSR count). The molecule has 0 fully saturated rings. The lowest BCUT2D eigenvalue weighted by Crippen LogP contribution is -2.14. The molecule has 9 heteroatoms. The SMILES string of the molecule is O=c1ccc2cc(COC(Cn3cnnn3)c3ccc(Cl)cc3Cl)ccc2o1. The fourth-order valence-corrected chi connectivity index (χ4v) is 3.38.